The van der Waals surface area contributed by atoms with E-state index in [9.17, 15) is 13.6 Å². The van der Waals surface area contributed by atoms with E-state index in [2.05, 4.69) is 25.9 Å². The third-order valence-electron chi connectivity index (χ3n) is 5.15. The Kier molecular flexibility index (Phi) is 7.41. The third kappa shape index (κ3) is 4.96. The lowest BCUT2D eigenvalue weighted by Gasteiger charge is -2.13. The van der Waals surface area contributed by atoms with Crippen LogP contribution >= 0.6 is 22.7 Å². The van der Waals surface area contributed by atoms with Gasteiger partial charge < -0.3 is 20.7 Å². The van der Waals surface area contributed by atoms with Crippen LogP contribution in [0.15, 0.2) is 6.07 Å². The van der Waals surface area contributed by atoms with E-state index in [-0.39, 0.29) is 17.1 Å². The molecule has 1 amide bonds. The number of ether oxygens (including phenoxy) is 1. The van der Waals surface area contributed by atoms with Crippen LogP contribution in [0, 0.1) is 6.92 Å². The monoisotopic (exact) mass is 481 g/mol. The van der Waals surface area contributed by atoms with Crippen LogP contribution in [0.4, 0.5) is 13.8 Å². The van der Waals surface area contributed by atoms with Crippen LogP contribution in [0.2, 0.25) is 0 Å². The Morgan fingerprint density at radius 1 is 1.31 bits per heavy atom. The van der Waals surface area contributed by atoms with Crippen molar-refractivity contribution in [3.05, 3.63) is 27.9 Å². The molecule has 32 heavy (non-hydrogen) atoms. The van der Waals surface area contributed by atoms with Crippen LogP contribution in [0.1, 0.15) is 34.7 Å². The van der Waals surface area contributed by atoms with Gasteiger partial charge in [-0.25, -0.2) is 18.7 Å². The number of thiazole rings is 1. The van der Waals surface area contributed by atoms with Gasteiger partial charge in [-0.15, -0.1) is 22.7 Å². The van der Waals surface area contributed by atoms with Crippen molar-refractivity contribution >= 4 is 43.8 Å². The molecule has 3 aromatic heterocycles. The third-order valence-corrected chi connectivity index (χ3v) is 7.31. The Hall–Kier alpha value is -2.05. The molecule has 7 nitrogen and oxygen atoms in total. The summed E-state index contributed by atoms with van der Waals surface area (Å²) in [5.41, 5.74) is 2.46. The van der Waals surface area contributed by atoms with Gasteiger partial charge in [-0.05, 0) is 31.5 Å². The number of alkyl halides is 2. The lowest BCUT2D eigenvalue weighted by molar-refractivity contribution is -0.116. The summed E-state index contributed by atoms with van der Waals surface area (Å²) in [5, 5.41) is 10.9. The summed E-state index contributed by atoms with van der Waals surface area (Å²) in [4.78, 5) is 22.3. The quantitative estimate of drug-likeness (QED) is 0.402. The van der Waals surface area contributed by atoms with Crippen LogP contribution < -0.4 is 16.0 Å². The van der Waals surface area contributed by atoms with Crippen LogP contribution in [0.3, 0.4) is 0 Å². The number of carbonyl (C=O) groups is 1. The minimum Gasteiger partial charge on any atom is -0.383 e. The molecule has 0 aromatic carbocycles. The second-order valence-electron chi connectivity index (χ2n) is 7.49. The summed E-state index contributed by atoms with van der Waals surface area (Å²) < 4.78 is 32.8. The van der Waals surface area contributed by atoms with Crippen molar-refractivity contribution in [2.75, 3.05) is 38.7 Å². The normalized spacial score (nSPS) is 13.7. The van der Waals surface area contributed by atoms with Gasteiger partial charge in [-0.3, -0.25) is 4.79 Å². The van der Waals surface area contributed by atoms with Crippen LogP contribution in [-0.4, -0.2) is 49.2 Å². The molecule has 11 heteroatoms. The summed E-state index contributed by atoms with van der Waals surface area (Å²) in [5.74, 6) is -0.102. The number of nitrogens with zero attached hydrogens (tertiary/aromatic N) is 2. The predicted octanol–water partition coefficient (Wildman–Crippen LogP) is 3.88. The Bertz CT molecular complexity index is 1120. The van der Waals surface area contributed by atoms with Gasteiger partial charge in [0.15, 0.2) is 0 Å². The number of fused-ring (bicyclic) bond motifs is 2. The van der Waals surface area contributed by atoms with Gasteiger partial charge in [0.1, 0.15) is 21.2 Å². The zero-order valence-electron chi connectivity index (χ0n) is 17.9. The van der Waals surface area contributed by atoms with E-state index in [1.54, 1.807) is 20.1 Å². The summed E-state index contributed by atoms with van der Waals surface area (Å²) in [7, 11) is 1.63. The van der Waals surface area contributed by atoms with Gasteiger partial charge in [0.25, 0.3) is 6.43 Å². The molecule has 0 unspecified atom stereocenters. The number of thiophene rings is 1. The minimum absolute atomic E-state index is 0.102. The number of hydrogen-bond donors (Lipinski definition) is 3. The number of halogens is 2. The Balaban J connectivity index is 1.66. The van der Waals surface area contributed by atoms with E-state index < -0.39 is 6.43 Å². The first-order valence-corrected chi connectivity index (χ1v) is 12.0. The van der Waals surface area contributed by atoms with E-state index in [4.69, 9.17) is 4.74 Å². The smallest absolute Gasteiger partial charge is 0.282 e. The highest BCUT2D eigenvalue weighted by atomic mass is 32.1. The molecule has 0 bridgehead atoms. The van der Waals surface area contributed by atoms with Crippen molar-refractivity contribution in [1.82, 2.24) is 20.6 Å². The molecule has 0 aliphatic carbocycles. The molecule has 0 fully saturated rings. The highest BCUT2D eigenvalue weighted by Crippen LogP contribution is 2.45. The van der Waals surface area contributed by atoms with Gasteiger partial charge >= 0.3 is 0 Å². The second kappa shape index (κ2) is 10.3. The zero-order valence-corrected chi connectivity index (χ0v) is 19.5. The molecule has 4 rings (SSSR count). The second-order valence-corrected chi connectivity index (χ2v) is 9.63. The van der Waals surface area contributed by atoms with Crippen molar-refractivity contribution in [2.45, 2.75) is 32.7 Å². The van der Waals surface area contributed by atoms with Crippen LogP contribution in [-0.2, 0) is 22.5 Å². The first-order chi connectivity index (χ1) is 15.5. The molecule has 0 saturated heterocycles. The number of aryl methyl sites for hydroxylation is 1. The topological polar surface area (TPSA) is 88.2 Å². The fourth-order valence-corrected chi connectivity index (χ4v) is 6.12. The van der Waals surface area contributed by atoms with Gasteiger partial charge in [0.05, 0.1) is 11.3 Å². The number of aromatic nitrogens is 2. The lowest BCUT2D eigenvalue weighted by Crippen LogP contribution is -2.24. The zero-order chi connectivity index (χ0) is 22.7. The fraction of sp³-hybridized carbons (Fsp3) is 0.476. The number of hydrogen-bond acceptors (Lipinski definition) is 8. The Morgan fingerprint density at radius 3 is 2.94 bits per heavy atom. The van der Waals surface area contributed by atoms with E-state index >= 15 is 0 Å². The van der Waals surface area contributed by atoms with Gasteiger partial charge in [0, 0.05) is 49.3 Å². The molecular weight excluding hydrogens is 456 g/mol. The maximum absolute atomic E-state index is 13.6. The van der Waals surface area contributed by atoms with E-state index in [1.165, 1.54) is 22.7 Å². The molecule has 0 atom stereocenters. The number of nitrogens with one attached hydrogen (secondary N) is 3. The standard InChI is InChI=1S/C21H25F2N5O2S2/c1-11-9-13-17(18(26-11)19(22)23)28-21(31-13)16-12-3-5-25-10-14(12)32-20(16)27-15(29)4-6-24-7-8-30-2/h9,19,24-25H,3-8,10H2,1-2H3,(H,27,29). The van der Waals surface area contributed by atoms with E-state index in [0.29, 0.717) is 41.5 Å². The number of anilines is 1. The van der Waals surface area contributed by atoms with Crippen LogP contribution in [0.25, 0.3) is 20.8 Å². The molecule has 3 aromatic rings. The predicted molar refractivity (Wildman–Crippen MR) is 124 cm³/mol. The first kappa shape index (κ1) is 23.1. The number of pyridine rings is 1. The van der Waals surface area contributed by atoms with Crippen molar-refractivity contribution < 1.29 is 18.3 Å². The average molecular weight is 482 g/mol. The lowest BCUT2D eigenvalue weighted by atomic mass is 10.0. The minimum atomic E-state index is -2.70. The molecule has 4 heterocycles. The number of carbonyl (C=O) groups excluding carboxylic acids is 1. The van der Waals surface area contributed by atoms with Crippen molar-refractivity contribution in [3.8, 4) is 10.6 Å². The average Bonchev–Trinajstić information content (AvgIpc) is 3.33. The molecule has 0 saturated carbocycles. The summed E-state index contributed by atoms with van der Waals surface area (Å²) in [6, 6.07) is 1.78. The Labute approximate surface area is 192 Å². The number of rotatable bonds is 9. The summed E-state index contributed by atoms with van der Waals surface area (Å²) in [6.45, 7) is 5.05. The number of methoxy groups -OCH3 is 1. The van der Waals surface area contributed by atoms with Crippen molar-refractivity contribution in [2.24, 2.45) is 0 Å². The first-order valence-electron chi connectivity index (χ1n) is 10.4. The fourth-order valence-electron chi connectivity index (χ4n) is 3.68. The van der Waals surface area contributed by atoms with Crippen molar-refractivity contribution in [1.29, 1.82) is 0 Å². The number of amides is 1. The van der Waals surface area contributed by atoms with Gasteiger partial charge in [-0.2, -0.15) is 0 Å². The maximum atomic E-state index is 13.6. The largest absolute Gasteiger partial charge is 0.383 e. The van der Waals surface area contributed by atoms with Gasteiger partial charge in [0.2, 0.25) is 5.91 Å². The van der Waals surface area contributed by atoms with Crippen molar-refractivity contribution in [3.63, 3.8) is 0 Å². The summed E-state index contributed by atoms with van der Waals surface area (Å²) >= 11 is 2.89. The molecule has 0 radical (unpaired) electrons. The maximum Gasteiger partial charge on any atom is 0.282 e. The highest BCUT2D eigenvalue weighted by molar-refractivity contribution is 7.23. The molecule has 1 aliphatic rings. The SMILES string of the molecule is COCCNCCC(=O)Nc1sc2c(c1-c1nc3c(C(F)F)nc(C)cc3s1)CCNC2. The van der Waals surface area contributed by atoms with Crippen LogP contribution in [0.5, 0.6) is 0 Å². The molecule has 1 aliphatic heterocycles. The Morgan fingerprint density at radius 2 is 2.16 bits per heavy atom. The molecule has 3 N–H and O–H groups in total. The molecular formula is C21H25F2N5O2S2. The van der Waals surface area contributed by atoms with E-state index in [0.717, 1.165) is 40.5 Å². The van der Waals surface area contributed by atoms with E-state index in [1.807, 2.05) is 0 Å². The van der Waals surface area contributed by atoms with Gasteiger partial charge in [-0.1, -0.05) is 0 Å². The molecule has 172 valence electrons. The highest BCUT2D eigenvalue weighted by Gasteiger charge is 2.26. The summed E-state index contributed by atoms with van der Waals surface area (Å²) in [6.07, 6.45) is -1.58. The molecule has 0 spiro atoms.